The molecule has 0 unspecified atom stereocenters. The van der Waals surface area contributed by atoms with Crippen LogP contribution in [0.1, 0.15) is 22.8 Å². The van der Waals surface area contributed by atoms with Crippen molar-refractivity contribution in [3.63, 3.8) is 0 Å². The highest BCUT2D eigenvalue weighted by Crippen LogP contribution is 2.46. The largest absolute Gasteiger partial charge is 0.493 e. The summed E-state index contributed by atoms with van der Waals surface area (Å²) in [5.41, 5.74) is 3.19. The van der Waals surface area contributed by atoms with Crippen molar-refractivity contribution in [3.05, 3.63) is 76.8 Å². The third-order valence-electron chi connectivity index (χ3n) is 5.62. The zero-order valence-corrected chi connectivity index (χ0v) is 20.7. The summed E-state index contributed by atoms with van der Waals surface area (Å²) in [5, 5.41) is 3.28. The molecule has 34 heavy (non-hydrogen) atoms. The van der Waals surface area contributed by atoms with Gasteiger partial charge in [-0.25, -0.2) is 0 Å². The molecule has 4 rings (SSSR count). The van der Waals surface area contributed by atoms with Crippen molar-refractivity contribution in [2.45, 2.75) is 23.5 Å². The molecule has 0 aliphatic carbocycles. The molecular formula is C26H25ClN2O4S. The Kier molecular flexibility index (Phi) is 7.34. The maximum Gasteiger partial charge on any atom is 0.244 e. The van der Waals surface area contributed by atoms with E-state index in [0.717, 1.165) is 21.7 Å². The van der Waals surface area contributed by atoms with Crippen LogP contribution in [0, 0.1) is 6.92 Å². The first-order chi connectivity index (χ1) is 16.4. The van der Waals surface area contributed by atoms with Gasteiger partial charge in [0.1, 0.15) is 6.54 Å². The summed E-state index contributed by atoms with van der Waals surface area (Å²) in [6.45, 7) is 1.80. The third-order valence-corrected chi connectivity index (χ3v) is 7.35. The molecular weight excluding hydrogens is 472 g/mol. The van der Waals surface area contributed by atoms with E-state index in [1.54, 1.807) is 43.0 Å². The van der Waals surface area contributed by atoms with Gasteiger partial charge >= 0.3 is 0 Å². The van der Waals surface area contributed by atoms with Gasteiger partial charge in [-0.05, 0) is 54.4 Å². The van der Waals surface area contributed by atoms with Gasteiger partial charge in [0.2, 0.25) is 11.8 Å². The Morgan fingerprint density at radius 3 is 2.59 bits per heavy atom. The van der Waals surface area contributed by atoms with Crippen molar-refractivity contribution in [1.82, 2.24) is 0 Å². The molecule has 0 radical (unpaired) electrons. The monoisotopic (exact) mass is 496 g/mol. The van der Waals surface area contributed by atoms with Crippen LogP contribution in [0.15, 0.2) is 65.6 Å². The minimum absolute atomic E-state index is 0.0967. The Labute approximate surface area is 208 Å². The van der Waals surface area contributed by atoms with E-state index in [4.69, 9.17) is 21.1 Å². The van der Waals surface area contributed by atoms with Crippen molar-refractivity contribution >= 4 is 46.6 Å². The summed E-state index contributed by atoms with van der Waals surface area (Å²) in [4.78, 5) is 28.7. The normalized spacial score (nSPS) is 15.4. The quantitative estimate of drug-likeness (QED) is 0.462. The third kappa shape index (κ3) is 5.16. The lowest BCUT2D eigenvalue weighted by Gasteiger charge is -2.22. The predicted octanol–water partition coefficient (Wildman–Crippen LogP) is 5.87. The molecule has 0 saturated heterocycles. The van der Waals surface area contributed by atoms with Gasteiger partial charge in [-0.15, -0.1) is 11.8 Å². The highest BCUT2D eigenvalue weighted by molar-refractivity contribution is 7.99. The summed E-state index contributed by atoms with van der Waals surface area (Å²) < 4.78 is 10.8. The molecule has 0 bridgehead atoms. The van der Waals surface area contributed by atoms with Crippen molar-refractivity contribution in [2.24, 2.45) is 0 Å². The molecule has 0 fully saturated rings. The maximum absolute atomic E-state index is 13.4. The number of halogens is 1. The van der Waals surface area contributed by atoms with Crippen LogP contribution in [0.25, 0.3) is 0 Å². The summed E-state index contributed by atoms with van der Waals surface area (Å²) in [6, 6.07) is 18.7. The molecule has 1 aliphatic rings. The van der Waals surface area contributed by atoms with Crippen LogP contribution in [0.4, 0.5) is 11.4 Å². The molecule has 0 aromatic heterocycles. The minimum Gasteiger partial charge on any atom is -0.493 e. The second-order valence-corrected chi connectivity index (χ2v) is 9.54. The fraction of sp³-hybridized carbons (Fsp3) is 0.231. The van der Waals surface area contributed by atoms with Crippen LogP contribution in [-0.2, 0) is 9.59 Å². The van der Waals surface area contributed by atoms with Crippen molar-refractivity contribution < 1.29 is 19.1 Å². The van der Waals surface area contributed by atoms with E-state index in [9.17, 15) is 9.59 Å². The minimum atomic E-state index is -0.294. The van der Waals surface area contributed by atoms with Crippen LogP contribution >= 0.6 is 23.4 Å². The fourth-order valence-corrected chi connectivity index (χ4v) is 5.26. The number of amides is 2. The number of ether oxygens (including phenoxy) is 2. The number of benzene rings is 3. The highest BCUT2D eigenvalue weighted by Gasteiger charge is 2.31. The van der Waals surface area contributed by atoms with Crippen LogP contribution in [0.3, 0.4) is 0 Å². The number of para-hydroxylation sites is 1. The number of carbonyl (C=O) groups excluding carboxylic acids is 2. The van der Waals surface area contributed by atoms with E-state index in [-0.39, 0.29) is 30.0 Å². The van der Waals surface area contributed by atoms with Crippen LogP contribution in [0.2, 0.25) is 5.02 Å². The smallest absolute Gasteiger partial charge is 0.244 e. The summed E-state index contributed by atoms with van der Waals surface area (Å²) >= 11 is 7.78. The zero-order chi connectivity index (χ0) is 24.2. The first-order valence-electron chi connectivity index (χ1n) is 10.7. The predicted molar refractivity (Wildman–Crippen MR) is 136 cm³/mol. The van der Waals surface area contributed by atoms with Crippen molar-refractivity contribution in [3.8, 4) is 11.5 Å². The van der Waals surface area contributed by atoms with Crippen LogP contribution in [0.5, 0.6) is 11.5 Å². The number of fused-ring (bicyclic) bond motifs is 1. The number of hydrogen-bond donors (Lipinski definition) is 1. The Morgan fingerprint density at radius 2 is 1.85 bits per heavy atom. The molecule has 1 N–H and O–H groups in total. The molecule has 1 atom stereocenters. The lowest BCUT2D eigenvalue weighted by molar-refractivity contribution is -0.121. The van der Waals surface area contributed by atoms with Crippen LogP contribution in [-0.4, -0.2) is 32.6 Å². The summed E-state index contributed by atoms with van der Waals surface area (Å²) in [5.74, 6) is 0.816. The number of anilines is 2. The lowest BCUT2D eigenvalue weighted by atomic mass is 10.1. The number of nitrogens with zero attached hydrogens (tertiary/aromatic N) is 1. The van der Waals surface area contributed by atoms with E-state index >= 15 is 0 Å². The average Bonchev–Trinajstić information content (AvgIpc) is 2.97. The summed E-state index contributed by atoms with van der Waals surface area (Å²) in [6.07, 6.45) is 0.235. The second kappa shape index (κ2) is 10.4. The van der Waals surface area contributed by atoms with Gasteiger partial charge < -0.3 is 19.7 Å². The van der Waals surface area contributed by atoms with E-state index in [0.29, 0.717) is 22.2 Å². The van der Waals surface area contributed by atoms with Crippen molar-refractivity contribution in [1.29, 1.82) is 0 Å². The average molecular weight is 497 g/mol. The number of methoxy groups -OCH3 is 2. The fourth-order valence-electron chi connectivity index (χ4n) is 3.80. The molecule has 8 heteroatoms. The Hall–Kier alpha value is -3.16. The van der Waals surface area contributed by atoms with Gasteiger partial charge in [-0.2, -0.15) is 0 Å². The van der Waals surface area contributed by atoms with Gasteiger partial charge in [-0.3, -0.25) is 9.59 Å². The molecule has 0 saturated carbocycles. The molecule has 3 aromatic carbocycles. The molecule has 0 spiro atoms. The van der Waals surface area contributed by atoms with Gasteiger partial charge in [0, 0.05) is 27.3 Å². The zero-order valence-electron chi connectivity index (χ0n) is 19.1. The van der Waals surface area contributed by atoms with E-state index in [2.05, 4.69) is 5.32 Å². The number of carbonyl (C=O) groups is 2. The molecule has 3 aromatic rings. The van der Waals surface area contributed by atoms with Gasteiger partial charge in [0.15, 0.2) is 11.5 Å². The number of rotatable bonds is 6. The van der Waals surface area contributed by atoms with Gasteiger partial charge in [0.25, 0.3) is 0 Å². The number of thioether (sulfide) groups is 1. The van der Waals surface area contributed by atoms with E-state index in [1.165, 1.54) is 0 Å². The maximum atomic E-state index is 13.4. The Balaban J connectivity index is 1.59. The Bertz CT molecular complexity index is 1230. The topological polar surface area (TPSA) is 67.9 Å². The lowest BCUT2D eigenvalue weighted by Crippen LogP contribution is -2.38. The SMILES string of the molecule is COc1ccc([C@H]2CC(=O)N(CC(=O)Nc3ccc(C)c(Cl)c3)c3ccccc3S2)cc1OC. The van der Waals surface area contributed by atoms with Gasteiger partial charge in [0.05, 0.1) is 19.9 Å². The second-order valence-electron chi connectivity index (χ2n) is 7.88. The highest BCUT2D eigenvalue weighted by atomic mass is 35.5. The first-order valence-corrected chi connectivity index (χ1v) is 12.0. The molecule has 1 aliphatic heterocycles. The first kappa shape index (κ1) is 24.0. The molecule has 176 valence electrons. The number of nitrogens with one attached hydrogen (secondary N) is 1. The number of aryl methyl sites for hydroxylation is 1. The van der Waals surface area contributed by atoms with Crippen LogP contribution < -0.4 is 19.7 Å². The number of hydrogen-bond acceptors (Lipinski definition) is 5. The summed E-state index contributed by atoms with van der Waals surface area (Å²) in [7, 11) is 3.18. The van der Waals surface area contributed by atoms with E-state index < -0.39 is 0 Å². The van der Waals surface area contributed by atoms with Crippen molar-refractivity contribution in [2.75, 3.05) is 31.0 Å². The molecule has 6 nitrogen and oxygen atoms in total. The van der Waals surface area contributed by atoms with E-state index in [1.807, 2.05) is 55.5 Å². The molecule has 2 amide bonds. The Morgan fingerprint density at radius 1 is 1.09 bits per heavy atom. The standard InChI is InChI=1S/C26H25ClN2O4S/c1-16-8-10-18(13-19(16)27)28-25(30)15-29-20-6-4-5-7-23(20)34-24(14-26(29)31)17-9-11-21(32-2)22(12-17)33-3/h4-13,24H,14-15H2,1-3H3,(H,28,30)/t24-/m1/s1. The molecule has 1 heterocycles. The van der Waals surface area contributed by atoms with Gasteiger partial charge in [-0.1, -0.05) is 35.9 Å².